The number of aliphatic carboxylic acids is 1. The number of piperidine rings is 1. The molecular weight excluding hydrogens is 861 g/mol. The summed E-state index contributed by atoms with van der Waals surface area (Å²) in [6.07, 6.45) is 5.31. The lowest BCUT2D eigenvalue weighted by Crippen LogP contribution is -2.72. The van der Waals surface area contributed by atoms with Crippen molar-refractivity contribution in [1.29, 1.82) is 0 Å². The van der Waals surface area contributed by atoms with Crippen LogP contribution in [0.5, 0.6) is 0 Å². The molecule has 16 nitrogen and oxygen atoms in total. The highest BCUT2D eigenvalue weighted by molar-refractivity contribution is 5.82. The number of H-pyrrole nitrogens is 1. The Kier molecular flexibility index (Phi) is 13.0. The summed E-state index contributed by atoms with van der Waals surface area (Å²) >= 11 is 0. The first-order chi connectivity index (χ1) is 31.7. The third-order valence-corrected chi connectivity index (χ3v) is 21.4. The largest absolute Gasteiger partial charge is 0.481 e. The maximum Gasteiger partial charge on any atom is 0.310 e. The van der Waals surface area contributed by atoms with Crippen molar-refractivity contribution >= 4 is 11.9 Å². The number of carbonyl (C=O) groups excluding carboxylic acids is 1. The van der Waals surface area contributed by atoms with Crippen LogP contribution in [-0.2, 0) is 24.5 Å². The van der Waals surface area contributed by atoms with Gasteiger partial charge in [0.15, 0.2) is 6.29 Å². The molecule has 4 saturated carbocycles. The van der Waals surface area contributed by atoms with Gasteiger partial charge in [0.05, 0.1) is 37.2 Å². The van der Waals surface area contributed by atoms with Gasteiger partial charge in [0.25, 0.3) is 0 Å². The zero-order valence-electron chi connectivity index (χ0n) is 40.3. The number of nitrogens with zero attached hydrogens (tertiary/aromatic N) is 1. The number of hydrogen-bond donors (Lipinski definition) is 11. The summed E-state index contributed by atoms with van der Waals surface area (Å²) in [5.41, 5.74) is -2.32. The number of amides is 1. The second-order valence-corrected chi connectivity index (χ2v) is 24.1. The number of rotatable bonds is 12. The summed E-state index contributed by atoms with van der Waals surface area (Å²) in [5, 5.41) is 96.7. The van der Waals surface area contributed by atoms with Crippen molar-refractivity contribution in [2.75, 3.05) is 39.5 Å². The molecule has 67 heavy (non-hydrogen) atoms. The minimum atomic E-state index is -1.63. The van der Waals surface area contributed by atoms with Crippen LogP contribution in [0.4, 0.5) is 0 Å². The quantitative estimate of drug-likeness (QED) is 0.106. The van der Waals surface area contributed by atoms with Gasteiger partial charge in [0.2, 0.25) is 5.91 Å². The van der Waals surface area contributed by atoms with Gasteiger partial charge in [-0.2, -0.15) is 0 Å². The Bertz CT molecular complexity index is 2020. The minimum absolute atomic E-state index is 0.00909. The third kappa shape index (κ3) is 7.21. The third-order valence-electron chi connectivity index (χ3n) is 21.4. The molecule has 3 aliphatic heterocycles. The molecule has 1 aromatic heterocycles. The molecule has 19 unspecified atom stereocenters. The van der Waals surface area contributed by atoms with Crippen molar-refractivity contribution in [3.05, 3.63) is 29.9 Å². The summed E-state index contributed by atoms with van der Waals surface area (Å²) in [5.74, 6) is -2.75. The van der Waals surface area contributed by atoms with E-state index in [1.165, 1.54) is 5.57 Å². The Morgan fingerprint density at radius 3 is 2.30 bits per heavy atom. The highest BCUT2D eigenvalue weighted by Gasteiger charge is 2.74. The maximum atomic E-state index is 14.5. The maximum absolute atomic E-state index is 14.5. The van der Waals surface area contributed by atoms with Crippen LogP contribution in [0.3, 0.4) is 0 Å². The zero-order chi connectivity index (χ0) is 48.1. The molecule has 0 radical (unpaired) electrons. The van der Waals surface area contributed by atoms with E-state index in [4.69, 9.17) is 9.47 Å². The smallest absolute Gasteiger partial charge is 0.310 e. The normalized spacial score (nSPS) is 49.4. The van der Waals surface area contributed by atoms with E-state index in [0.29, 0.717) is 64.2 Å². The molecule has 16 heteroatoms. The Balaban J connectivity index is 1.19. The predicted molar refractivity (Wildman–Crippen MR) is 245 cm³/mol. The van der Waals surface area contributed by atoms with E-state index in [1.807, 2.05) is 13.1 Å². The van der Waals surface area contributed by atoms with Crippen LogP contribution in [0, 0.1) is 68.0 Å². The van der Waals surface area contributed by atoms with Gasteiger partial charge < -0.3 is 65.9 Å². The fourth-order valence-electron chi connectivity index (χ4n) is 17.3. The first-order valence-corrected chi connectivity index (χ1v) is 25.5. The fraction of sp³-hybridized carbons (Fsp3) is 0.863. The molecule has 7 fully saturated rings. The number of aromatic amines is 1. The highest BCUT2D eigenvalue weighted by Crippen LogP contribution is 2.77. The molecule has 3 saturated heterocycles. The number of nitrogens with one attached hydrogen (secondary N) is 3. The molecule has 0 aromatic carbocycles. The molecule has 376 valence electrons. The molecule has 8 aliphatic rings. The molecule has 9 rings (SSSR count). The van der Waals surface area contributed by atoms with Crippen molar-refractivity contribution in [3.8, 4) is 0 Å². The molecule has 4 heterocycles. The predicted octanol–water partition coefficient (Wildman–Crippen LogP) is 2.78. The number of aliphatic hydroxyl groups excluding tert-OH is 7. The summed E-state index contributed by atoms with van der Waals surface area (Å²) < 4.78 is 12.6. The molecule has 1 amide bonds. The summed E-state index contributed by atoms with van der Waals surface area (Å²) in [6, 6.07) is -0.355. The average molecular weight is 941 g/mol. The second kappa shape index (κ2) is 17.7. The Labute approximate surface area is 395 Å². The number of fused-ring (bicyclic) bond motifs is 7. The van der Waals surface area contributed by atoms with Crippen LogP contribution < -0.4 is 10.6 Å². The molecule has 0 spiro atoms. The van der Waals surface area contributed by atoms with Gasteiger partial charge >= 0.3 is 5.97 Å². The lowest BCUT2D eigenvalue weighted by molar-refractivity contribution is -0.340. The number of imidazole rings is 1. The monoisotopic (exact) mass is 941 g/mol. The number of carbonyl (C=O) groups is 2. The molecule has 11 N–H and O–H groups in total. The van der Waals surface area contributed by atoms with Crippen LogP contribution in [0.1, 0.15) is 124 Å². The molecule has 19 atom stereocenters. The van der Waals surface area contributed by atoms with Crippen molar-refractivity contribution in [1.82, 2.24) is 20.6 Å². The molecule has 5 aliphatic carbocycles. The van der Waals surface area contributed by atoms with Gasteiger partial charge in [-0.3, -0.25) is 9.59 Å². The number of carboxylic acids is 1. The summed E-state index contributed by atoms with van der Waals surface area (Å²) in [4.78, 5) is 35.9. The lowest BCUT2D eigenvalue weighted by Gasteiger charge is -2.73. The van der Waals surface area contributed by atoms with Gasteiger partial charge in [-0.15, -0.1) is 0 Å². The molecular formula is C51H80N4O12. The van der Waals surface area contributed by atoms with E-state index in [1.54, 1.807) is 6.33 Å². The zero-order valence-corrected chi connectivity index (χ0v) is 40.3. The van der Waals surface area contributed by atoms with Gasteiger partial charge in [-0.1, -0.05) is 46.3 Å². The van der Waals surface area contributed by atoms with Crippen molar-refractivity contribution in [2.24, 2.45) is 68.0 Å². The van der Waals surface area contributed by atoms with Crippen LogP contribution >= 0.6 is 0 Å². The second-order valence-electron chi connectivity index (χ2n) is 24.1. The van der Waals surface area contributed by atoms with Gasteiger partial charge in [0, 0.05) is 47.9 Å². The number of allylic oxidation sites excluding steroid dienone is 2. The Hall–Kier alpha value is -2.51. The standard InChI is InChI=1S/C51H80N4O12/c1-45(25-57)12-14-50(44(64)65)15-13-47(3)30(32(50)22-45)8-9-35-48(47,4)11-10-34-46(2,26-58)41(67-43-39(62)38(61)33(59)24-66-43)37(60)31(49(34,35)5)21-29-28(7-6-20-56)42(63)55-40(29)51(16-18-52-19-17-51)36-23-53-27-54-36/h8,23,27-29,31-35,37-41,43,52,56-62H,6-7,9-22,24-26H2,1-5H3,(H,53,54)(H,55,63)(H,64,65). The van der Waals surface area contributed by atoms with E-state index in [-0.39, 0.29) is 62.0 Å². The van der Waals surface area contributed by atoms with Gasteiger partial charge in [-0.25, -0.2) is 4.98 Å². The van der Waals surface area contributed by atoms with E-state index in [9.17, 15) is 50.4 Å². The Morgan fingerprint density at radius 1 is 0.910 bits per heavy atom. The van der Waals surface area contributed by atoms with E-state index in [0.717, 1.165) is 38.0 Å². The summed E-state index contributed by atoms with van der Waals surface area (Å²) in [6.45, 7) is 11.8. The molecule has 0 bridgehead atoms. The number of carboxylic acid groups (broad SMARTS) is 1. The first kappa shape index (κ1) is 49.5. The van der Waals surface area contributed by atoms with Crippen molar-refractivity contribution in [3.63, 3.8) is 0 Å². The SMILES string of the molecule is CC1(CO)CCC2(C(=O)O)CCC3(C)C(=CCC4C5(C)C(CC6C(CCCO)C(=O)NC6C6(c7cnc[nH]7)CCNCC6)C(O)C(OC6OCC(O)C(O)C6O)C(C)(CO)C5CCC43C)C2C1. The van der Waals surface area contributed by atoms with Crippen LogP contribution in [-0.4, -0.2) is 145 Å². The Morgan fingerprint density at radius 2 is 1.64 bits per heavy atom. The topological polar surface area (TPSA) is 267 Å². The highest BCUT2D eigenvalue weighted by atomic mass is 16.7. The number of aliphatic hydroxyl groups is 7. The van der Waals surface area contributed by atoms with Gasteiger partial charge in [-0.05, 0) is 148 Å². The molecule has 1 aromatic rings. The van der Waals surface area contributed by atoms with Gasteiger partial charge in [0.1, 0.15) is 18.3 Å². The number of aromatic nitrogens is 2. The average Bonchev–Trinajstić information content (AvgIpc) is 3.97. The van der Waals surface area contributed by atoms with Crippen LogP contribution in [0.25, 0.3) is 0 Å². The fourth-order valence-corrected chi connectivity index (χ4v) is 17.3. The summed E-state index contributed by atoms with van der Waals surface area (Å²) in [7, 11) is 0. The number of hydrogen-bond acceptors (Lipinski definition) is 13. The van der Waals surface area contributed by atoms with Crippen LogP contribution in [0.2, 0.25) is 0 Å². The van der Waals surface area contributed by atoms with E-state index in [2.05, 4.69) is 54.4 Å². The van der Waals surface area contributed by atoms with E-state index < -0.39 is 92.5 Å². The van der Waals surface area contributed by atoms with Crippen molar-refractivity contribution in [2.45, 2.75) is 166 Å². The van der Waals surface area contributed by atoms with Crippen LogP contribution in [0.15, 0.2) is 24.2 Å². The van der Waals surface area contributed by atoms with E-state index >= 15 is 0 Å². The first-order valence-electron chi connectivity index (χ1n) is 25.5. The lowest BCUT2D eigenvalue weighted by atomic mass is 9.31. The minimum Gasteiger partial charge on any atom is -0.481 e. The van der Waals surface area contributed by atoms with Crippen molar-refractivity contribution < 1.29 is 59.9 Å². The number of ether oxygens (including phenoxy) is 2.